The quantitative estimate of drug-likeness (QED) is 0.525. The Kier molecular flexibility index (Phi) is 7.89. The normalized spacial score (nSPS) is 13.8. The maximum Gasteiger partial charge on any atom is 0.153 e. The Labute approximate surface area is 197 Å². The Balaban J connectivity index is 0.000000523. The number of quaternary nitrogens is 1. The zero-order valence-electron chi connectivity index (χ0n) is 16.7. The van der Waals surface area contributed by atoms with E-state index in [2.05, 4.69) is 12.1 Å². The number of rotatable bonds is 3. The molecular weight excluding hydrogens is 477 g/mol. The van der Waals surface area contributed by atoms with E-state index in [0.717, 1.165) is 39.1 Å². The van der Waals surface area contributed by atoms with Gasteiger partial charge in [0.05, 0.1) is 10.7 Å². The Morgan fingerprint density at radius 2 is 1.34 bits per heavy atom. The molecule has 166 valence electrons. The lowest BCUT2D eigenvalue weighted by Gasteiger charge is -2.20. The van der Waals surface area contributed by atoms with E-state index in [9.17, 15) is 0 Å². The van der Waals surface area contributed by atoms with E-state index < -0.39 is 10.2 Å². The first-order chi connectivity index (χ1) is 15.1. The van der Waals surface area contributed by atoms with Crippen molar-refractivity contribution in [2.45, 2.75) is 0 Å². The van der Waals surface area contributed by atoms with Crippen LogP contribution in [0, 0.1) is 10.2 Å². The average molecular weight is 495 g/mol. The molecule has 10 heteroatoms. The molecule has 0 spiro atoms. The van der Waals surface area contributed by atoms with Crippen LogP contribution in [0.15, 0.2) is 84.0 Å². The standard InChI is InChI=1S/C22H17Cl2N3.ClHO4/c1-27(21-13-7-5-11-18(21)24)22-16-9-3-2-8-15(16)20(26-22)14-25-19-12-6-4-10-17(19)23;2-1(3,4)5/h2-14,25H,1H3;(H,2,3,4,5). The maximum atomic E-state index is 8.49. The summed E-state index contributed by atoms with van der Waals surface area (Å²) in [5.74, 6) is 0.873. The highest BCUT2D eigenvalue weighted by Crippen LogP contribution is 2.33. The van der Waals surface area contributed by atoms with Crippen LogP contribution in [0.1, 0.15) is 11.1 Å². The van der Waals surface area contributed by atoms with Gasteiger partial charge in [-0.1, -0.05) is 71.7 Å². The number of para-hydroxylation sites is 2. The van der Waals surface area contributed by atoms with E-state index in [4.69, 9.17) is 46.8 Å². The van der Waals surface area contributed by atoms with Crippen molar-refractivity contribution in [1.82, 2.24) is 0 Å². The second-order valence-corrected chi connectivity index (χ2v) is 8.18. The Bertz CT molecular complexity index is 1160. The third kappa shape index (κ3) is 6.29. The topological polar surface area (TPSA) is 124 Å². The van der Waals surface area contributed by atoms with Crippen LogP contribution in [0.25, 0.3) is 5.70 Å². The van der Waals surface area contributed by atoms with E-state index in [1.807, 2.05) is 84.1 Å². The first kappa shape index (κ1) is 24.2. The van der Waals surface area contributed by atoms with Gasteiger partial charge in [0.2, 0.25) is 0 Å². The number of halogens is 3. The molecule has 2 N–H and O–H groups in total. The van der Waals surface area contributed by atoms with Crippen LogP contribution < -0.4 is 28.9 Å². The van der Waals surface area contributed by atoms with Gasteiger partial charge in [-0.15, -0.1) is 10.2 Å². The van der Waals surface area contributed by atoms with Gasteiger partial charge in [0.1, 0.15) is 22.8 Å². The summed E-state index contributed by atoms with van der Waals surface area (Å²) in [6.07, 6.45) is 2.01. The molecule has 3 aromatic rings. The van der Waals surface area contributed by atoms with Crippen molar-refractivity contribution >= 4 is 46.1 Å². The number of nitrogens with two attached hydrogens (primary N) is 1. The number of aliphatic imine (C=N–C) groups is 1. The summed E-state index contributed by atoms with van der Waals surface area (Å²) in [6.45, 7) is 0. The number of anilines is 1. The van der Waals surface area contributed by atoms with Gasteiger partial charge < -0.3 is 4.90 Å². The number of fused-ring (bicyclic) bond motifs is 1. The van der Waals surface area contributed by atoms with Crippen LogP contribution in [-0.4, -0.2) is 12.9 Å². The molecule has 0 bridgehead atoms. The summed E-state index contributed by atoms with van der Waals surface area (Å²) in [6, 6.07) is 23.7. The molecule has 7 nitrogen and oxygen atoms in total. The monoisotopic (exact) mass is 493 g/mol. The third-order valence-corrected chi connectivity index (χ3v) is 5.19. The van der Waals surface area contributed by atoms with Gasteiger partial charge in [0.25, 0.3) is 0 Å². The molecule has 0 fully saturated rings. The highest BCUT2D eigenvalue weighted by molar-refractivity contribution is 6.34. The first-order valence-electron chi connectivity index (χ1n) is 9.23. The highest BCUT2D eigenvalue weighted by atomic mass is 35.7. The predicted octanol–water partition coefficient (Wildman–Crippen LogP) is 0.327. The average Bonchev–Trinajstić information content (AvgIpc) is 3.11. The second-order valence-electron chi connectivity index (χ2n) is 6.61. The molecule has 0 atom stereocenters. The molecule has 4 rings (SSSR count). The maximum absolute atomic E-state index is 8.49. The lowest BCUT2D eigenvalue weighted by molar-refractivity contribution is -2.00. The van der Waals surface area contributed by atoms with Crippen molar-refractivity contribution in [3.05, 3.63) is 100 Å². The van der Waals surface area contributed by atoms with Crippen LogP contribution in [0.2, 0.25) is 10.0 Å². The fourth-order valence-electron chi connectivity index (χ4n) is 3.14. The van der Waals surface area contributed by atoms with Crippen molar-refractivity contribution in [2.75, 3.05) is 11.9 Å². The number of amidine groups is 1. The van der Waals surface area contributed by atoms with Crippen molar-refractivity contribution in [3.63, 3.8) is 0 Å². The summed E-state index contributed by atoms with van der Waals surface area (Å²) in [4.78, 5) is 6.91. The van der Waals surface area contributed by atoms with E-state index in [1.165, 1.54) is 0 Å². The van der Waals surface area contributed by atoms with E-state index in [1.54, 1.807) is 0 Å². The summed E-state index contributed by atoms with van der Waals surface area (Å²) in [5, 5.41) is 3.41. The van der Waals surface area contributed by atoms with Crippen molar-refractivity contribution < 1.29 is 34.2 Å². The molecule has 1 aliphatic rings. The summed E-state index contributed by atoms with van der Waals surface area (Å²) in [7, 11) is -2.96. The van der Waals surface area contributed by atoms with E-state index >= 15 is 0 Å². The van der Waals surface area contributed by atoms with Gasteiger partial charge in [0.15, 0.2) is 5.69 Å². The summed E-state index contributed by atoms with van der Waals surface area (Å²) in [5.41, 5.74) is 4.96. The predicted molar refractivity (Wildman–Crippen MR) is 114 cm³/mol. The Morgan fingerprint density at radius 3 is 1.97 bits per heavy atom. The smallest absolute Gasteiger partial charge is 0.153 e. The SMILES string of the molecule is CN(C1=NC(=C[NH2+]c2ccccc2Cl)c2ccccc21)c1ccccc1Cl.[O-][Cl+3]([O-])([O-])[O-]. The molecule has 0 aliphatic carbocycles. The van der Waals surface area contributed by atoms with Crippen LogP contribution in [0.4, 0.5) is 11.4 Å². The minimum absolute atomic E-state index is 0.695. The van der Waals surface area contributed by atoms with Gasteiger partial charge in [-0.05, 0) is 18.2 Å². The molecule has 3 aromatic carbocycles. The number of nitrogens with zero attached hydrogens (tertiary/aromatic N) is 2. The largest absolute Gasteiger partial charge is 0.328 e. The van der Waals surface area contributed by atoms with Gasteiger partial charge in [-0.2, -0.15) is 0 Å². The van der Waals surface area contributed by atoms with Crippen LogP contribution in [-0.2, 0) is 0 Å². The van der Waals surface area contributed by atoms with E-state index in [-0.39, 0.29) is 0 Å². The van der Waals surface area contributed by atoms with E-state index in [0.29, 0.717) is 5.02 Å². The molecular formula is C22H18Cl3N3O4. The van der Waals surface area contributed by atoms with Gasteiger partial charge >= 0.3 is 0 Å². The first-order valence-corrected chi connectivity index (χ1v) is 11.2. The zero-order chi connectivity index (χ0) is 23.3. The molecule has 0 unspecified atom stereocenters. The fourth-order valence-corrected chi connectivity index (χ4v) is 3.60. The molecule has 0 saturated heterocycles. The minimum Gasteiger partial charge on any atom is -0.328 e. The number of benzene rings is 3. The summed E-state index contributed by atoms with van der Waals surface area (Å²) < 4.78 is 34.0. The minimum atomic E-state index is -4.94. The highest BCUT2D eigenvalue weighted by Gasteiger charge is 2.25. The van der Waals surface area contributed by atoms with Gasteiger partial charge in [0, 0.05) is 24.2 Å². The van der Waals surface area contributed by atoms with Crippen LogP contribution in [0.5, 0.6) is 0 Å². The van der Waals surface area contributed by atoms with Gasteiger partial charge in [-0.3, -0.25) is 5.32 Å². The third-order valence-electron chi connectivity index (χ3n) is 4.53. The van der Waals surface area contributed by atoms with Crippen LogP contribution in [0.3, 0.4) is 0 Å². The second kappa shape index (κ2) is 10.4. The molecule has 0 saturated carbocycles. The lowest BCUT2D eigenvalue weighted by atomic mass is 10.1. The summed E-state index contributed by atoms with van der Waals surface area (Å²) >= 11 is 12.7. The van der Waals surface area contributed by atoms with Crippen molar-refractivity contribution in [3.8, 4) is 0 Å². The Morgan fingerprint density at radius 1 is 0.812 bits per heavy atom. The molecule has 1 heterocycles. The Hall–Kier alpha value is -2.46. The van der Waals surface area contributed by atoms with Crippen molar-refractivity contribution in [2.24, 2.45) is 4.99 Å². The zero-order valence-corrected chi connectivity index (χ0v) is 19.0. The molecule has 0 amide bonds. The molecule has 1 aliphatic heterocycles. The molecule has 0 aromatic heterocycles. The lowest BCUT2D eigenvalue weighted by Crippen LogP contribution is -2.71. The fraction of sp³-hybridized carbons (Fsp3) is 0.0455. The van der Waals surface area contributed by atoms with Gasteiger partial charge in [-0.25, -0.2) is 23.6 Å². The molecule has 32 heavy (non-hydrogen) atoms. The molecule has 0 radical (unpaired) electrons. The number of hydrogen-bond acceptors (Lipinski definition) is 6. The number of hydrogen-bond donors (Lipinski definition) is 1. The van der Waals surface area contributed by atoms with Crippen molar-refractivity contribution in [1.29, 1.82) is 0 Å². The van der Waals surface area contributed by atoms with Crippen LogP contribution >= 0.6 is 23.2 Å².